The fraction of sp³-hybridized carbons (Fsp3) is 0.545. The highest BCUT2D eigenvalue weighted by Gasteiger charge is 2.14. The Bertz CT molecular complexity index is 583. The third-order valence-electron chi connectivity index (χ3n) is 2.56. The summed E-state index contributed by atoms with van der Waals surface area (Å²) in [5.74, 6) is 0.611. The van der Waals surface area contributed by atoms with Crippen molar-refractivity contribution in [3.8, 4) is 10.7 Å². The van der Waals surface area contributed by atoms with Gasteiger partial charge >= 0.3 is 0 Å². The number of halogens is 1. The van der Waals surface area contributed by atoms with E-state index < -0.39 is 8.07 Å². The Morgan fingerprint density at radius 3 is 2.80 bits per heavy atom. The lowest BCUT2D eigenvalue weighted by Gasteiger charge is -2.15. The smallest absolute Gasteiger partial charge is 0.194 e. The maximum absolute atomic E-state index is 5.66. The summed E-state index contributed by atoms with van der Waals surface area (Å²) in [5, 5.41) is 4.37. The summed E-state index contributed by atoms with van der Waals surface area (Å²) in [5.41, 5.74) is 0. The average Bonchev–Trinajstić information content (AvgIpc) is 2.90. The average molecular weight is 371 g/mol. The second-order valence-electron chi connectivity index (χ2n) is 5.63. The van der Waals surface area contributed by atoms with E-state index in [1.54, 1.807) is 11.0 Å². The molecule has 0 amide bonds. The van der Waals surface area contributed by atoms with Crippen molar-refractivity contribution < 1.29 is 4.74 Å². The van der Waals surface area contributed by atoms with Crippen LogP contribution in [0.2, 0.25) is 25.7 Å². The number of hydrogen-bond acceptors (Lipinski definition) is 5. The Morgan fingerprint density at radius 2 is 2.20 bits per heavy atom. The van der Waals surface area contributed by atoms with Crippen LogP contribution in [0, 0.1) is 0 Å². The van der Waals surface area contributed by atoms with Crippen molar-refractivity contribution in [3.05, 3.63) is 10.9 Å². The molecular formula is C11H16BBrN4OSSi. The first-order chi connectivity index (χ1) is 9.35. The first-order valence-corrected chi connectivity index (χ1v) is 11.6. The van der Waals surface area contributed by atoms with Crippen LogP contribution < -0.4 is 4.91 Å². The summed E-state index contributed by atoms with van der Waals surface area (Å²) in [4.78, 5) is 9.68. The molecule has 9 heteroatoms. The highest BCUT2D eigenvalue weighted by Crippen LogP contribution is 2.26. The molecule has 2 aromatic heterocycles. The van der Waals surface area contributed by atoms with Crippen molar-refractivity contribution in [1.29, 1.82) is 0 Å². The van der Waals surface area contributed by atoms with Crippen molar-refractivity contribution in [1.82, 2.24) is 19.7 Å². The molecule has 106 valence electrons. The molecule has 0 saturated carbocycles. The van der Waals surface area contributed by atoms with Gasteiger partial charge in [0.25, 0.3) is 0 Å². The van der Waals surface area contributed by atoms with E-state index in [1.165, 1.54) is 11.3 Å². The van der Waals surface area contributed by atoms with Gasteiger partial charge in [0.2, 0.25) is 0 Å². The zero-order valence-electron chi connectivity index (χ0n) is 11.8. The van der Waals surface area contributed by atoms with E-state index >= 15 is 0 Å². The normalized spacial score (nSPS) is 12.0. The highest BCUT2D eigenvalue weighted by molar-refractivity contribution is 9.10. The summed E-state index contributed by atoms with van der Waals surface area (Å²) in [7, 11) is 4.61. The number of thiazole rings is 1. The summed E-state index contributed by atoms with van der Waals surface area (Å²) in [6, 6.07) is 1.14. The largest absolute Gasteiger partial charge is 0.359 e. The SMILES string of the molecule is [B]c1nc(Br)c(-c2ncn(COCC[Si](C)(C)C)n2)s1. The van der Waals surface area contributed by atoms with Gasteiger partial charge < -0.3 is 4.74 Å². The molecule has 0 aliphatic carbocycles. The lowest BCUT2D eigenvalue weighted by molar-refractivity contribution is 0.0785. The van der Waals surface area contributed by atoms with Gasteiger partial charge in [0.15, 0.2) is 13.7 Å². The minimum Gasteiger partial charge on any atom is -0.359 e. The van der Waals surface area contributed by atoms with E-state index in [0.717, 1.165) is 17.5 Å². The third kappa shape index (κ3) is 4.51. The van der Waals surface area contributed by atoms with Gasteiger partial charge in [0, 0.05) is 19.6 Å². The summed E-state index contributed by atoms with van der Waals surface area (Å²) >= 11 is 4.71. The van der Waals surface area contributed by atoms with Gasteiger partial charge in [0.1, 0.15) is 22.5 Å². The van der Waals surface area contributed by atoms with Gasteiger partial charge in [-0.2, -0.15) is 0 Å². The van der Waals surface area contributed by atoms with Gasteiger partial charge in [-0.25, -0.2) is 14.6 Å². The molecule has 2 heterocycles. The molecule has 2 radical (unpaired) electrons. The first-order valence-electron chi connectivity index (χ1n) is 6.24. The van der Waals surface area contributed by atoms with Crippen molar-refractivity contribution in [2.45, 2.75) is 32.4 Å². The molecule has 0 aliphatic heterocycles. The van der Waals surface area contributed by atoms with Gasteiger partial charge in [-0.3, -0.25) is 0 Å². The van der Waals surface area contributed by atoms with Gasteiger partial charge in [0.05, 0.1) is 0 Å². The zero-order valence-corrected chi connectivity index (χ0v) is 15.2. The standard InChI is InChI=1S/C11H16BBrN4OSSi/c1-20(2,3)5-4-18-7-17-6-14-10(16-17)8-9(13)15-11(12)19-8/h6H,4-5,7H2,1-3H3. The zero-order chi connectivity index (χ0) is 14.8. The van der Waals surface area contributed by atoms with Crippen molar-refractivity contribution >= 4 is 48.1 Å². The Morgan fingerprint density at radius 1 is 1.45 bits per heavy atom. The van der Waals surface area contributed by atoms with Crippen LogP contribution in [0.4, 0.5) is 0 Å². The van der Waals surface area contributed by atoms with Crippen molar-refractivity contribution in [3.63, 3.8) is 0 Å². The van der Waals surface area contributed by atoms with E-state index in [-0.39, 0.29) is 0 Å². The summed E-state index contributed by atoms with van der Waals surface area (Å²) < 4.78 is 7.99. The highest BCUT2D eigenvalue weighted by atomic mass is 79.9. The molecule has 0 N–H and O–H groups in total. The van der Waals surface area contributed by atoms with Gasteiger partial charge in [-0.05, 0) is 22.0 Å². The monoisotopic (exact) mass is 370 g/mol. The molecule has 0 spiro atoms. The molecule has 0 fully saturated rings. The Labute approximate surface area is 133 Å². The predicted molar refractivity (Wildman–Crippen MR) is 88.3 cm³/mol. The molecule has 0 unspecified atom stereocenters. The topological polar surface area (TPSA) is 52.8 Å². The van der Waals surface area contributed by atoms with Crippen LogP contribution in [-0.2, 0) is 11.5 Å². The molecule has 0 atom stereocenters. The second kappa shape index (κ2) is 6.50. The summed E-state index contributed by atoms with van der Waals surface area (Å²) in [6.07, 6.45) is 1.66. The lowest BCUT2D eigenvalue weighted by atomic mass is 10.2. The Kier molecular flexibility index (Phi) is 5.16. The molecule has 0 aromatic carbocycles. The number of hydrogen-bond donors (Lipinski definition) is 0. The first kappa shape index (κ1) is 15.9. The number of aromatic nitrogens is 4. The minimum absolute atomic E-state index is 0.420. The molecule has 2 rings (SSSR count). The molecule has 20 heavy (non-hydrogen) atoms. The molecule has 0 saturated heterocycles. The van der Waals surface area contributed by atoms with E-state index in [1.807, 2.05) is 0 Å². The number of ether oxygens (including phenoxy) is 1. The van der Waals surface area contributed by atoms with E-state index in [4.69, 9.17) is 12.6 Å². The fourth-order valence-electron chi connectivity index (χ4n) is 1.45. The van der Waals surface area contributed by atoms with E-state index in [9.17, 15) is 0 Å². The maximum Gasteiger partial charge on any atom is 0.194 e. The maximum atomic E-state index is 5.66. The quantitative estimate of drug-likeness (QED) is 0.578. The Hall–Kier alpha value is -0.508. The van der Waals surface area contributed by atoms with Crippen LogP contribution in [0.15, 0.2) is 10.9 Å². The summed E-state index contributed by atoms with van der Waals surface area (Å²) in [6.45, 7) is 8.17. The molecular weight excluding hydrogens is 355 g/mol. The second-order valence-corrected chi connectivity index (χ2v) is 13.0. The van der Waals surface area contributed by atoms with Gasteiger partial charge in [-0.1, -0.05) is 19.6 Å². The van der Waals surface area contributed by atoms with E-state index in [0.29, 0.717) is 22.1 Å². The lowest BCUT2D eigenvalue weighted by Crippen LogP contribution is -2.22. The van der Waals surface area contributed by atoms with Gasteiger partial charge in [-0.15, -0.1) is 16.4 Å². The Balaban J connectivity index is 1.91. The number of nitrogens with zero attached hydrogens (tertiary/aromatic N) is 4. The van der Waals surface area contributed by atoms with Crippen molar-refractivity contribution in [2.24, 2.45) is 0 Å². The van der Waals surface area contributed by atoms with Crippen LogP contribution in [0.25, 0.3) is 10.7 Å². The molecule has 5 nitrogen and oxygen atoms in total. The fourth-order valence-corrected chi connectivity index (χ4v) is 3.60. The van der Waals surface area contributed by atoms with Crippen LogP contribution in [0.3, 0.4) is 0 Å². The molecule has 2 aromatic rings. The third-order valence-corrected chi connectivity index (χ3v) is 5.98. The van der Waals surface area contributed by atoms with Crippen molar-refractivity contribution in [2.75, 3.05) is 6.61 Å². The molecule has 0 aliphatic rings. The predicted octanol–water partition coefficient (Wildman–Crippen LogP) is 2.27. The van der Waals surface area contributed by atoms with Crippen LogP contribution in [0.5, 0.6) is 0 Å². The van der Waals surface area contributed by atoms with Crippen LogP contribution in [-0.4, -0.2) is 42.3 Å². The minimum atomic E-state index is -1.04. The van der Waals surface area contributed by atoms with Crippen LogP contribution in [0.1, 0.15) is 0 Å². The van der Waals surface area contributed by atoms with Crippen LogP contribution >= 0.6 is 27.3 Å². The van der Waals surface area contributed by atoms with E-state index in [2.05, 4.69) is 50.6 Å². The molecule has 0 bridgehead atoms. The number of rotatable bonds is 6.